The maximum Gasteiger partial charge on any atom is 0.251 e. The summed E-state index contributed by atoms with van der Waals surface area (Å²) < 4.78 is 0. The van der Waals surface area contributed by atoms with Crippen molar-refractivity contribution in [3.05, 3.63) is 29.3 Å². The summed E-state index contributed by atoms with van der Waals surface area (Å²) in [4.78, 5) is 23.8. The lowest BCUT2D eigenvalue weighted by Gasteiger charge is -2.28. The van der Waals surface area contributed by atoms with Crippen molar-refractivity contribution >= 4 is 29.9 Å². The van der Waals surface area contributed by atoms with Gasteiger partial charge in [-0.15, -0.1) is 12.4 Å². The van der Waals surface area contributed by atoms with Gasteiger partial charge in [0.25, 0.3) is 5.91 Å². The first-order chi connectivity index (χ1) is 10.6. The lowest BCUT2D eigenvalue weighted by Crippen LogP contribution is -2.40. The fourth-order valence-corrected chi connectivity index (χ4v) is 3.51. The number of benzene rings is 1. The highest BCUT2D eigenvalue weighted by Gasteiger charge is 2.26. The van der Waals surface area contributed by atoms with Crippen LogP contribution in [0.15, 0.2) is 18.2 Å². The van der Waals surface area contributed by atoms with Crippen molar-refractivity contribution in [2.24, 2.45) is 11.7 Å². The average Bonchev–Trinajstić information content (AvgIpc) is 2.54. The minimum atomic E-state index is -0.215. The fraction of sp³-hybridized carbons (Fsp3) is 0.529. The van der Waals surface area contributed by atoms with Crippen molar-refractivity contribution in [3.63, 3.8) is 0 Å². The number of anilines is 1. The fourth-order valence-electron chi connectivity index (χ4n) is 3.51. The number of rotatable bonds is 3. The van der Waals surface area contributed by atoms with Crippen LogP contribution in [-0.2, 0) is 11.2 Å². The molecule has 0 atom stereocenters. The van der Waals surface area contributed by atoms with E-state index in [0.29, 0.717) is 0 Å². The molecule has 0 bridgehead atoms. The molecule has 2 aliphatic rings. The predicted octanol–water partition coefficient (Wildman–Crippen LogP) is 2.24. The summed E-state index contributed by atoms with van der Waals surface area (Å²) in [5.41, 5.74) is 8.33. The third-order valence-corrected chi connectivity index (χ3v) is 4.80. The lowest BCUT2D eigenvalue weighted by molar-refractivity contribution is -0.122. The summed E-state index contributed by atoms with van der Waals surface area (Å²) in [5, 5.41) is 6.47. The van der Waals surface area contributed by atoms with Gasteiger partial charge >= 0.3 is 0 Å². The minimum absolute atomic E-state index is 0. The third-order valence-electron chi connectivity index (χ3n) is 4.80. The molecule has 126 valence electrons. The van der Waals surface area contributed by atoms with Crippen LogP contribution >= 0.6 is 12.4 Å². The number of nitrogens with one attached hydrogen (secondary N) is 2. The molecule has 0 unspecified atom stereocenters. The van der Waals surface area contributed by atoms with Crippen LogP contribution in [0.5, 0.6) is 0 Å². The summed E-state index contributed by atoms with van der Waals surface area (Å²) in [6, 6.07) is 6.01. The van der Waals surface area contributed by atoms with E-state index in [-0.39, 0.29) is 36.2 Å². The standard InChI is InChI=1S/C17H23N3O2.ClH/c18-16(21)11-6-8-12(9-7-11)20-17(22)14-3-1-5-15-13(14)4-2-10-19-15;/h1,3,5,11-12,19H,2,4,6-10H2,(H2,18,21)(H,20,22);1H. The predicted molar refractivity (Wildman–Crippen MR) is 92.9 cm³/mol. The molecule has 1 saturated carbocycles. The van der Waals surface area contributed by atoms with Gasteiger partial charge in [-0.3, -0.25) is 9.59 Å². The second-order valence-electron chi connectivity index (χ2n) is 6.29. The average molecular weight is 338 g/mol. The number of primary amides is 1. The van der Waals surface area contributed by atoms with Gasteiger partial charge in [0.05, 0.1) is 0 Å². The highest BCUT2D eigenvalue weighted by Crippen LogP contribution is 2.27. The number of halogens is 1. The molecule has 2 amide bonds. The van der Waals surface area contributed by atoms with E-state index in [0.717, 1.165) is 61.9 Å². The largest absolute Gasteiger partial charge is 0.385 e. The van der Waals surface area contributed by atoms with E-state index in [2.05, 4.69) is 10.6 Å². The molecule has 1 aromatic carbocycles. The highest BCUT2D eigenvalue weighted by molar-refractivity contribution is 5.97. The molecule has 0 saturated heterocycles. The van der Waals surface area contributed by atoms with Crippen LogP contribution in [0.3, 0.4) is 0 Å². The zero-order valence-electron chi connectivity index (χ0n) is 13.1. The Labute approximate surface area is 142 Å². The summed E-state index contributed by atoms with van der Waals surface area (Å²) >= 11 is 0. The van der Waals surface area contributed by atoms with Crippen molar-refractivity contribution in [2.45, 2.75) is 44.6 Å². The Morgan fingerprint density at radius 2 is 1.91 bits per heavy atom. The van der Waals surface area contributed by atoms with Gasteiger partial charge in [0.15, 0.2) is 0 Å². The van der Waals surface area contributed by atoms with Crippen LogP contribution < -0.4 is 16.4 Å². The van der Waals surface area contributed by atoms with Gasteiger partial charge in [-0.25, -0.2) is 0 Å². The summed E-state index contributed by atoms with van der Waals surface area (Å²) in [6.45, 7) is 0.967. The molecule has 0 radical (unpaired) electrons. The van der Waals surface area contributed by atoms with Crippen molar-refractivity contribution in [1.82, 2.24) is 5.32 Å². The number of hydrogen-bond donors (Lipinski definition) is 3. The molecule has 1 aromatic rings. The third kappa shape index (κ3) is 3.96. The Balaban J connectivity index is 0.00000192. The van der Waals surface area contributed by atoms with Gasteiger partial charge in [-0.1, -0.05) is 6.07 Å². The Morgan fingerprint density at radius 3 is 2.61 bits per heavy atom. The lowest BCUT2D eigenvalue weighted by atomic mass is 9.85. The summed E-state index contributed by atoms with van der Waals surface area (Å²) in [5.74, 6) is -0.238. The first-order valence-electron chi connectivity index (χ1n) is 8.11. The van der Waals surface area contributed by atoms with E-state index >= 15 is 0 Å². The topological polar surface area (TPSA) is 84.2 Å². The minimum Gasteiger partial charge on any atom is -0.385 e. The molecule has 1 fully saturated rings. The normalized spacial score (nSPS) is 23.0. The Hall–Kier alpha value is -1.75. The van der Waals surface area contributed by atoms with E-state index < -0.39 is 0 Å². The quantitative estimate of drug-likeness (QED) is 0.790. The van der Waals surface area contributed by atoms with Crippen LogP contribution in [0, 0.1) is 5.92 Å². The molecular formula is C17H24ClN3O2. The van der Waals surface area contributed by atoms with Gasteiger partial charge in [-0.2, -0.15) is 0 Å². The van der Waals surface area contributed by atoms with Gasteiger partial charge in [0, 0.05) is 29.8 Å². The SMILES string of the molecule is Cl.NC(=O)C1CCC(NC(=O)c2cccc3c2CCCN3)CC1. The van der Waals surface area contributed by atoms with Gasteiger partial charge < -0.3 is 16.4 Å². The number of nitrogens with two attached hydrogens (primary N) is 1. The molecule has 1 aliphatic carbocycles. The molecule has 6 heteroatoms. The van der Waals surface area contributed by atoms with Gasteiger partial charge in [-0.05, 0) is 56.2 Å². The first-order valence-corrected chi connectivity index (χ1v) is 8.11. The van der Waals surface area contributed by atoms with Crippen LogP contribution in [0.25, 0.3) is 0 Å². The Bertz CT molecular complexity index is 583. The molecule has 0 spiro atoms. The maximum atomic E-state index is 12.6. The maximum absolute atomic E-state index is 12.6. The molecule has 1 heterocycles. The molecule has 0 aromatic heterocycles. The molecule has 1 aliphatic heterocycles. The van der Waals surface area contributed by atoms with Crippen LogP contribution in [0.4, 0.5) is 5.69 Å². The van der Waals surface area contributed by atoms with Crippen LogP contribution in [0.1, 0.15) is 48.0 Å². The number of hydrogen-bond acceptors (Lipinski definition) is 3. The van der Waals surface area contributed by atoms with E-state index in [1.807, 2.05) is 18.2 Å². The molecule has 5 nitrogen and oxygen atoms in total. The second kappa shape index (κ2) is 7.68. The van der Waals surface area contributed by atoms with Crippen molar-refractivity contribution in [3.8, 4) is 0 Å². The zero-order chi connectivity index (χ0) is 15.5. The van der Waals surface area contributed by atoms with E-state index in [1.165, 1.54) is 0 Å². The number of carbonyl (C=O) groups is 2. The van der Waals surface area contributed by atoms with Gasteiger partial charge in [0.2, 0.25) is 5.91 Å². The zero-order valence-corrected chi connectivity index (χ0v) is 14.0. The van der Waals surface area contributed by atoms with Crippen molar-refractivity contribution in [1.29, 1.82) is 0 Å². The monoisotopic (exact) mass is 337 g/mol. The molecular weight excluding hydrogens is 314 g/mol. The Kier molecular flexibility index (Phi) is 5.88. The van der Waals surface area contributed by atoms with E-state index in [1.54, 1.807) is 0 Å². The smallest absolute Gasteiger partial charge is 0.251 e. The van der Waals surface area contributed by atoms with Crippen LogP contribution in [-0.4, -0.2) is 24.4 Å². The molecule has 23 heavy (non-hydrogen) atoms. The summed E-state index contributed by atoms with van der Waals surface area (Å²) in [7, 11) is 0. The van der Waals surface area contributed by atoms with Gasteiger partial charge in [0.1, 0.15) is 0 Å². The molecule has 3 rings (SSSR count). The highest BCUT2D eigenvalue weighted by atomic mass is 35.5. The first kappa shape index (κ1) is 17.6. The van der Waals surface area contributed by atoms with Crippen LogP contribution in [0.2, 0.25) is 0 Å². The Morgan fingerprint density at radius 1 is 1.17 bits per heavy atom. The van der Waals surface area contributed by atoms with Crippen molar-refractivity contribution < 1.29 is 9.59 Å². The summed E-state index contributed by atoms with van der Waals surface area (Å²) in [6.07, 6.45) is 5.20. The molecule has 4 N–H and O–H groups in total. The second-order valence-corrected chi connectivity index (χ2v) is 6.29. The number of amides is 2. The van der Waals surface area contributed by atoms with E-state index in [9.17, 15) is 9.59 Å². The van der Waals surface area contributed by atoms with E-state index in [4.69, 9.17) is 5.73 Å². The number of fused-ring (bicyclic) bond motifs is 1. The number of carbonyl (C=O) groups excluding carboxylic acids is 2. The van der Waals surface area contributed by atoms with Crippen molar-refractivity contribution in [2.75, 3.05) is 11.9 Å².